The maximum atomic E-state index is 11.9. The zero-order valence-corrected chi connectivity index (χ0v) is 12.2. The number of H-pyrrole nitrogens is 1. The first kappa shape index (κ1) is 15.3. The lowest BCUT2D eigenvalue weighted by atomic mass is 10.0. The van der Waals surface area contributed by atoms with Crippen molar-refractivity contribution in [1.29, 1.82) is 0 Å². The summed E-state index contributed by atoms with van der Waals surface area (Å²) in [4.78, 5) is 29.7. The number of rotatable bonds is 8. The predicted molar refractivity (Wildman–Crippen MR) is 76.8 cm³/mol. The van der Waals surface area contributed by atoms with Crippen molar-refractivity contribution in [1.82, 2.24) is 20.6 Å². The summed E-state index contributed by atoms with van der Waals surface area (Å²) in [5, 5.41) is 14.5. The Kier molecular flexibility index (Phi) is 4.82. The molecule has 2 rings (SSSR count). The average Bonchev–Trinajstić information content (AvgIpc) is 3.01. The summed E-state index contributed by atoms with van der Waals surface area (Å²) in [7, 11) is 0. The highest BCUT2D eigenvalue weighted by Crippen LogP contribution is 2.48. The summed E-state index contributed by atoms with van der Waals surface area (Å²) in [6.07, 6.45) is 7.69. The van der Waals surface area contributed by atoms with Gasteiger partial charge in [-0.2, -0.15) is 0 Å². The van der Waals surface area contributed by atoms with Crippen molar-refractivity contribution in [3.63, 3.8) is 0 Å². The Morgan fingerprint density at radius 3 is 2.81 bits per heavy atom. The van der Waals surface area contributed by atoms with Crippen LogP contribution in [0.1, 0.15) is 38.3 Å². The van der Waals surface area contributed by atoms with Gasteiger partial charge in [0, 0.05) is 24.9 Å². The minimum absolute atomic E-state index is 0.183. The Bertz CT molecular complexity index is 482. The Labute approximate surface area is 123 Å². The number of carboxylic acids is 1. The number of nitrogens with zero attached hydrogens (tertiary/aromatic N) is 1. The van der Waals surface area contributed by atoms with Crippen LogP contribution in [-0.4, -0.2) is 39.7 Å². The fourth-order valence-corrected chi connectivity index (χ4v) is 2.52. The third kappa shape index (κ3) is 4.47. The molecule has 2 amide bonds. The summed E-state index contributed by atoms with van der Waals surface area (Å²) in [6.45, 7) is 2.74. The van der Waals surface area contributed by atoms with Gasteiger partial charge in [0.15, 0.2) is 0 Å². The molecule has 7 heteroatoms. The Balaban J connectivity index is 1.80. The van der Waals surface area contributed by atoms with E-state index in [1.54, 1.807) is 6.20 Å². The fraction of sp³-hybridized carbons (Fsp3) is 0.643. The van der Waals surface area contributed by atoms with E-state index in [1.807, 2.05) is 0 Å². The molecule has 1 saturated carbocycles. The number of hydrogen-bond acceptors (Lipinski definition) is 3. The van der Waals surface area contributed by atoms with E-state index in [0.29, 0.717) is 12.2 Å². The van der Waals surface area contributed by atoms with Crippen molar-refractivity contribution < 1.29 is 14.7 Å². The minimum atomic E-state index is -1.06. The molecule has 1 aliphatic rings. The molecule has 116 valence electrons. The molecule has 0 aliphatic heterocycles. The van der Waals surface area contributed by atoms with Gasteiger partial charge < -0.3 is 20.7 Å². The number of carboxylic acid groups (broad SMARTS) is 1. The minimum Gasteiger partial charge on any atom is -0.480 e. The molecular formula is C14H22N4O3. The van der Waals surface area contributed by atoms with Crippen LogP contribution in [0.2, 0.25) is 0 Å². The second kappa shape index (κ2) is 6.60. The van der Waals surface area contributed by atoms with Crippen molar-refractivity contribution in [3.8, 4) is 0 Å². The largest absolute Gasteiger partial charge is 0.480 e. The zero-order valence-electron chi connectivity index (χ0n) is 12.2. The first-order valence-corrected chi connectivity index (χ1v) is 7.29. The number of urea groups is 1. The Hall–Kier alpha value is -2.05. The molecule has 1 heterocycles. The highest BCUT2D eigenvalue weighted by molar-refractivity contribution is 5.82. The highest BCUT2D eigenvalue weighted by Gasteiger charge is 2.41. The predicted octanol–water partition coefficient (Wildman–Crippen LogP) is 1.28. The van der Waals surface area contributed by atoms with E-state index in [1.165, 1.54) is 6.33 Å². The van der Waals surface area contributed by atoms with Crippen LogP contribution in [0, 0.1) is 5.41 Å². The second-order valence-corrected chi connectivity index (χ2v) is 5.75. The Morgan fingerprint density at radius 2 is 2.29 bits per heavy atom. The van der Waals surface area contributed by atoms with Crippen LogP contribution in [-0.2, 0) is 11.2 Å². The van der Waals surface area contributed by atoms with Gasteiger partial charge in [-0.1, -0.05) is 13.3 Å². The molecule has 1 fully saturated rings. The van der Waals surface area contributed by atoms with Gasteiger partial charge in [0.2, 0.25) is 0 Å². The lowest BCUT2D eigenvalue weighted by molar-refractivity contribution is -0.139. The molecule has 0 saturated heterocycles. The Morgan fingerprint density at radius 1 is 1.52 bits per heavy atom. The summed E-state index contributed by atoms with van der Waals surface area (Å²) in [5.41, 5.74) is 0.918. The highest BCUT2D eigenvalue weighted by atomic mass is 16.4. The van der Waals surface area contributed by atoms with Crippen molar-refractivity contribution >= 4 is 12.0 Å². The molecule has 0 unspecified atom stereocenters. The van der Waals surface area contributed by atoms with Gasteiger partial charge in [-0.3, -0.25) is 0 Å². The van der Waals surface area contributed by atoms with E-state index < -0.39 is 18.0 Å². The van der Waals surface area contributed by atoms with E-state index in [2.05, 4.69) is 27.5 Å². The number of imidazole rings is 1. The lowest BCUT2D eigenvalue weighted by Crippen LogP contribution is -2.48. The van der Waals surface area contributed by atoms with Gasteiger partial charge >= 0.3 is 12.0 Å². The molecule has 1 aliphatic carbocycles. The van der Waals surface area contributed by atoms with E-state index in [0.717, 1.165) is 25.7 Å². The number of nitrogens with one attached hydrogen (secondary N) is 3. The van der Waals surface area contributed by atoms with Gasteiger partial charge in [-0.15, -0.1) is 0 Å². The number of aromatic amines is 1. The molecule has 0 radical (unpaired) electrons. The van der Waals surface area contributed by atoms with Gasteiger partial charge in [-0.25, -0.2) is 14.6 Å². The molecule has 4 N–H and O–H groups in total. The van der Waals surface area contributed by atoms with Crippen LogP contribution in [0.25, 0.3) is 0 Å². The number of hydrogen-bond donors (Lipinski definition) is 4. The maximum absolute atomic E-state index is 11.9. The number of amides is 2. The van der Waals surface area contributed by atoms with Crippen molar-refractivity contribution in [3.05, 3.63) is 18.2 Å². The normalized spacial score (nSPS) is 17.0. The van der Waals surface area contributed by atoms with Gasteiger partial charge in [0.1, 0.15) is 6.04 Å². The fourth-order valence-electron chi connectivity index (χ4n) is 2.52. The molecule has 1 aromatic heterocycles. The summed E-state index contributed by atoms with van der Waals surface area (Å²) in [5.74, 6) is -1.06. The van der Waals surface area contributed by atoms with E-state index in [9.17, 15) is 9.59 Å². The summed E-state index contributed by atoms with van der Waals surface area (Å²) < 4.78 is 0. The van der Waals surface area contributed by atoms with Crippen LogP contribution in [0.3, 0.4) is 0 Å². The van der Waals surface area contributed by atoms with Gasteiger partial charge in [-0.05, 0) is 24.7 Å². The summed E-state index contributed by atoms with van der Waals surface area (Å²) in [6, 6.07) is -1.39. The SMILES string of the molecule is CCCC1(CNC(=O)N[C@H](Cc2cnc[nH]2)C(=O)O)CC1. The molecule has 0 spiro atoms. The van der Waals surface area contributed by atoms with Crippen LogP contribution < -0.4 is 10.6 Å². The van der Waals surface area contributed by atoms with E-state index in [4.69, 9.17) is 5.11 Å². The molecule has 0 bridgehead atoms. The maximum Gasteiger partial charge on any atom is 0.326 e. The number of aliphatic carboxylic acids is 1. The van der Waals surface area contributed by atoms with Crippen molar-refractivity contribution in [2.24, 2.45) is 5.41 Å². The number of aromatic nitrogens is 2. The van der Waals surface area contributed by atoms with E-state index in [-0.39, 0.29) is 11.8 Å². The smallest absolute Gasteiger partial charge is 0.326 e. The third-order valence-corrected chi connectivity index (χ3v) is 3.94. The lowest BCUT2D eigenvalue weighted by Gasteiger charge is -2.18. The van der Waals surface area contributed by atoms with Crippen LogP contribution in [0.4, 0.5) is 4.79 Å². The zero-order chi connectivity index (χ0) is 15.3. The van der Waals surface area contributed by atoms with Crippen molar-refractivity contribution in [2.75, 3.05) is 6.54 Å². The standard InChI is InChI=1S/C14H22N4O3/c1-2-3-14(4-5-14)8-16-13(21)18-11(12(19)20)6-10-7-15-9-17-10/h7,9,11H,2-6,8H2,1H3,(H,15,17)(H,19,20)(H2,16,18,21)/t11-/m1/s1. The molecule has 1 aromatic rings. The second-order valence-electron chi connectivity index (χ2n) is 5.75. The van der Waals surface area contributed by atoms with Crippen LogP contribution in [0.15, 0.2) is 12.5 Å². The van der Waals surface area contributed by atoms with Crippen LogP contribution >= 0.6 is 0 Å². The van der Waals surface area contributed by atoms with Crippen LogP contribution in [0.5, 0.6) is 0 Å². The quantitative estimate of drug-likeness (QED) is 0.579. The molecule has 7 nitrogen and oxygen atoms in total. The first-order valence-electron chi connectivity index (χ1n) is 7.29. The van der Waals surface area contributed by atoms with Crippen molar-refractivity contribution in [2.45, 2.75) is 45.1 Å². The third-order valence-electron chi connectivity index (χ3n) is 3.94. The molecule has 21 heavy (non-hydrogen) atoms. The van der Waals surface area contributed by atoms with E-state index >= 15 is 0 Å². The molecule has 1 atom stereocenters. The topological polar surface area (TPSA) is 107 Å². The molecular weight excluding hydrogens is 272 g/mol. The van der Waals surface area contributed by atoms with Gasteiger partial charge in [0.25, 0.3) is 0 Å². The number of carbonyl (C=O) groups excluding carboxylic acids is 1. The number of carbonyl (C=O) groups is 2. The monoisotopic (exact) mass is 294 g/mol. The average molecular weight is 294 g/mol. The first-order chi connectivity index (χ1) is 10.0. The molecule has 0 aromatic carbocycles. The van der Waals surface area contributed by atoms with Gasteiger partial charge in [0.05, 0.1) is 6.33 Å². The summed E-state index contributed by atoms with van der Waals surface area (Å²) >= 11 is 0.